The highest BCUT2D eigenvalue weighted by Crippen LogP contribution is 2.23. The number of guanidine groups is 1. The Morgan fingerprint density at radius 2 is 2.20 bits per heavy atom. The average molecular weight is 502 g/mol. The van der Waals surface area contributed by atoms with E-state index in [0.29, 0.717) is 36.3 Å². The van der Waals surface area contributed by atoms with Crippen LogP contribution in [0.3, 0.4) is 0 Å². The lowest BCUT2D eigenvalue weighted by atomic mass is 10.2. The molecule has 1 fully saturated rings. The van der Waals surface area contributed by atoms with Gasteiger partial charge in [0.2, 0.25) is 0 Å². The van der Waals surface area contributed by atoms with Gasteiger partial charge in [-0.1, -0.05) is 29.3 Å². The van der Waals surface area contributed by atoms with Crippen LogP contribution in [0.25, 0.3) is 0 Å². The van der Waals surface area contributed by atoms with Crippen molar-refractivity contribution in [2.75, 3.05) is 40.5 Å². The highest BCUT2D eigenvalue weighted by Gasteiger charge is 2.15. The van der Waals surface area contributed by atoms with Crippen LogP contribution in [0.2, 0.25) is 10.0 Å². The third-order valence-electron chi connectivity index (χ3n) is 3.83. The Morgan fingerprint density at radius 1 is 1.40 bits per heavy atom. The van der Waals surface area contributed by atoms with Crippen LogP contribution >= 0.6 is 47.2 Å². The lowest BCUT2D eigenvalue weighted by molar-refractivity contribution is 0.0190. The number of benzene rings is 1. The molecule has 2 rings (SSSR count). The van der Waals surface area contributed by atoms with Crippen LogP contribution in [-0.4, -0.2) is 57.4 Å². The predicted octanol–water partition coefficient (Wildman–Crippen LogP) is 3.81. The third-order valence-corrected chi connectivity index (χ3v) is 4.57. The molecule has 0 saturated carbocycles. The molecule has 1 aliphatic heterocycles. The molecule has 0 radical (unpaired) electrons. The molecule has 25 heavy (non-hydrogen) atoms. The van der Waals surface area contributed by atoms with E-state index in [0.717, 1.165) is 31.0 Å². The fraction of sp³-hybridized carbons (Fsp3) is 0.588. The minimum absolute atomic E-state index is 0. The summed E-state index contributed by atoms with van der Waals surface area (Å²) < 4.78 is 11.2. The molecule has 0 amide bonds. The van der Waals surface area contributed by atoms with Crippen molar-refractivity contribution in [3.8, 4) is 0 Å². The van der Waals surface area contributed by atoms with Crippen molar-refractivity contribution >= 4 is 53.1 Å². The number of aliphatic imine (C=N–C) groups is 1. The quantitative estimate of drug-likeness (QED) is 0.267. The van der Waals surface area contributed by atoms with Crippen molar-refractivity contribution in [3.63, 3.8) is 0 Å². The molecular formula is C17H26Cl2IN3O2. The zero-order valence-electron chi connectivity index (χ0n) is 14.6. The molecule has 1 N–H and O–H groups in total. The molecule has 1 aliphatic rings. The highest BCUT2D eigenvalue weighted by atomic mass is 127. The van der Waals surface area contributed by atoms with Gasteiger partial charge in [-0.3, -0.25) is 4.99 Å². The number of rotatable bonds is 7. The number of nitrogens with one attached hydrogen (secondary N) is 1. The average Bonchev–Trinajstić information content (AvgIpc) is 3.07. The number of ether oxygens (including phenoxy) is 2. The van der Waals surface area contributed by atoms with E-state index in [9.17, 15) is 0 Å². The first-order valence-electron chi connectivity index (χ1n) is 8.15. The zero-order valence-corrected chi connectivity index (χ0v) is 18.5. The maximum absolute atomic E-state index is 6.06. The third kappa shape index (κ3) is 7.86. The molecule has 1 heterocycles. The zero-order chi connectivity index (χ0) is 17.4. The van der Waals surface area contributed by atoms with Crippen LogP contribution in [0.4, 0.5) is 0 Å². The van der Waals surface area contributed by atoms with Crippen LogP contribution in [0.5, 0.6) is 0 Å². The summed E-state index contributed by atoms with van der Waals surface area (Å²) in [5.41, 5.74) is 1.07. The van der Waals surface area contributed by atoms with Gasteiger partial charge in [-0.15, -0.1) is 24.0 Å². The first kappa shape index (κ1) is 22.8. The molecule has 142 valence electrons. The summed E-state index contributed by atoms with van der Waals surface area (Å²) in [5, 5.41) is 4.42. The molecular weight excluding hydrogens is 476 g/mol. The number of nitrogens with zero attached hydrogens (tertiary/aromatic N) is 2. The van der Waals surface area contributed by atoms with Crippen molar-refractivity contribution in [1.82, 2.24) is 10.2 Å². The summed E-state index contributed by atoms with van der Waals surface area (Å²) in [6, 6.07) is 5.64. The van der Waals surface area contributed by atoms with Gasteiger partial charge in [0.15, 0.2) is 5.96 Å². The van der Waals surface area contributed by atoms with Gasteiger partial charge in [0.05, 0.1) is 29.4 Å². The Labute approximate surface area is 177 Å². The molecule has 1 aromatic rings. The molecule has 0 bridgehead atoms. The topological polar surface area (TPSA) is 46.1 Å². The standard InChI is InChI=1S/C17H25Cl2N3O2.HI/c1-20-17(21-7-9-23-12-14-4-3-8-24-14)22(2)11-13-5-6-15(18)16(19)10-13;/h5-6,10,14H,3-4,7-9,11-12H2,1-2H3,(H,20,21);1H. The summed E-state index contributed by atoms with van der Waals surface area (Å²) >= 11 is 12.0. The van der Waals surface area contributed by atoms with Gasteiger partial charge in [0.1, 0.15) is 0 Å². The monoisotopic (exact) mass is 501 g/mol. The van der Waals surface area contributed by atoms with Gasteiger partial charge in [-0.25, -0.2) is 0 Å². The predicted molar refractivity (Wildman–Crippen MR) is 114 cm³/mol. The summed E-state index contributed by atoms with van der Waals surface area (Å²) in [6.07, 6.45) is 2.50. The Bertz CT molecular complexity index is 555. The van der Waals surface area contributed by atoms with Crippen molar-refractivity contribution < 1.29 is 9.47 Å². The Kier molecular flexibility index (Phi) is 11.1. The van der Waals surface area contributed by atoms with E-state index < -0.39 is 0 Å². The number of halogens is 3. The fourth-order valence-electron chi connectivity index (χ4n) is 2.60. The smallest absolute Gasteiger partial charge is 0.193 e. The van der Waals surface area contributed by atoms with Crippen LogP contribution in [0, 0.1) is 0 Å². The minimum Gasteiger partial charge on any atom is -0.377 e. The molecule has 0 aliphatic carbocycles. The van der Waals surface area contributed by atoms with Gasteiger partial charge >= 0.3 is 0 Å². The summed E-state index contributed by atoms with van der Waals surface area (Å²) in [7, 11) is 3.74. The summed E-state index contributed by atoms with van der Waals surface area (Å²) in [6.45, 7) is 3.54. The fourth-order valence-corrected chi connectivity index (χ4v) is 2.92. The Hall–Kier alpha value is -0.280. The van der Waals surface area contributed by atoms with Crippen LogP contribution in [-0.2, 0) is 16.0 Å². The molecule has 1 atom stereocenters. The van der Waals surface area contributed by atoms with E-state index in [4.69, 9.17) is 32.7 Å². The summed E-state index contributed by atoms with van der Waals surface area (Å²) in [5.74, 6) is 0.807. The second-order valence-corrected chi connectivity index (χ2v) is 6.60. The van der Waals surface area contributed by atoms with Gasteiger partial charge in [-0.05, 0) is 30.5 Å². The summed E-state index contributed by atoms with van der Waals surface area (Å²) in [4.78, 5) is 6.32. The molecule has 8 heteroatoms. The number of hydrogen-bond donors (Lipinski definition) is 1. The van der Waals surface area contributed by atoms with Crippen molar-refractivity contribution in [2.24, 2.45) is 4.99 Å². The van der Waals surface area contributed by atoms with Gasteiger partial charge < -0.3 is 19.7 Å². The normalized spacial score (nSPS) is 17.3. The first-order valence-corrected chi connectivity index (χ1v) is 8.91. The second-order valence-electron chi connectivity index (χ2n) is 5.79. The van der Waals surface area contributed by atoms with Crippen LogP contribution in [0.1, 0.15) is 18.4 Å². The SMILES string of the molecule is CN=C(NCCOCC1CCCO1)N(C)Cc1ccc(Cl)c(Cl)c1.I. The Morgan fingerprint density at radius 3 is 2.84 bits per heavy atom. The second kappa shape index (κ2) is 12.2. The van der Waals surface area contributed by atoms with Crippen molar-refractivity contribution in [2.45, 2.75) is 25.5 Å². The maximum atomic E-state index is 6.06. The van der Waals surface area contributed by atoms with E-state index >= 15 is 0 Å². The van der Waals surface area contributed by atoms with E-state index in [1.54, 1.807) is 7.05 Å². The van der Waals surface area contributed by atoms with Crippen LogP contribution < -0.4 is 5.32 Å². The molecule has 1 aromatic carbocycles. The van der Waals surface area contributed by atoms with Gasteiger partial charge in [0.25, 0.3) is 0 Å². The molecule has 1 saturated heterocycles. The van der Waals surface area contributed by atoms with Crippen LogP contribution in [0.15, 0.2) is 23.2 Å². The van der Waals surface area contributed by atoms with Crippen molar-refractivity contribution in [3.05, 3.63) is 33.8 Å². The van der Waals surface area contributed by atoms with Gasteiger partial charge in [0, 0.05) is 33.8 Å². The van der Waals surface area contributed by atoms with E-state index in [2.05, 4.69) is 10.3 Å². The van der Waals surface area contributed by atoms with E-state index in [-0.39, 0.29) is 30.1 Å². The first-order chi connectivity index (χ1) is 11.6. The molecule has 0 aromatic heterocycles. The van der Waals surface area contributed by atoms with E-state index in [1.165, 1.54) is 0 Å². The molecule has 1 unspecified atom stereocenters. The van der Waals surface area contributed by atoms with Gasteiger partial charge in [-0.2, -0.15) is 0 Å². The molecule has 0 spiro atoms. The largest absolute Gasteiger partial charge is 0.377 e. The minimum atomic E-state index is 0. The van der Waals surface area contributed by atoms with Crippen molar-refractivity contribution in [1.29, 1.82) is 0 Å². The lowest BCUT2D eigenvalue weighted by Crippen LogP contribution is -2.40. The highest BCUT2D eigenvalue weighted by molar-refractivity contribution is 14.0. The lowest BCUT2D eigenvalue weighted by Gasteiger charge is -2.22. The maximum Gasteiger partial charge on any atom is 0.193 e. The number of hydrogen-bond acceptors (Lipinski definition) is 3. The van der Waals surface area contributed by atoms with E-state index in [1.807, 2.05) is 30.1 Å². The molecule has 5 nitrogen and oxygen atoms in total. The Balaban J connectivity index is 0.00000312.